The molecule has 8 unspecified atom stereocenters. The van der Waals surface area contributed by atoms with Gasteiger partial charge in [-0.15, -0.1) is 0 Å². The molecule has 30 heavy (non-hydrogen) atoms. The standard InChI is InChI=1S/C28H30O2/c29-27-23(21-13-25(27)19-5-1-3-17(19)21)11-15-7-9-16(10-8-15)12-24-22-14-26(28(24)30)20-6-2-4-18(20)22/h7-12,17-22,25-26H,1-6,13-14H2/b23-11+,24-12+. The van der Waals surface area contributed by atoms with E-state index in [4.69, 9.17) is 0 Å². The van der Waals surface area contributed by atoms with Gasteiger partial charge in [0.15, 0.2) is 11.6 Å². The van der Waals surface area contributed by atoms with Crippen LogP contribution in [-0.4, -0.2) is 11.6 Å². The summed E-state index contributed by atoms with van der Waals surface area (Å²) in [6.45, 7) is 0. The third kappa shape index (κ3) is 2.31. The number of fused-ring (bicyclic) bond motifs is 10. The van der Waals surface area contributed by atoms with Gasteiger partial charge in [-0.25, -0.2) is 0 Å². The van der Waals surface area contributed by atoms with Gasteiger partial charge >= 0.3 is 0 Å². The van der Waals surface area contributed by atoms with Crippen molar-refractivity contribution in [2.24, 2.45) is 47.3 Å². The zero-order valence-electron chi connectivity index (χ0n) is 17.6. The van der Waals surface area contributed by atoms with E-state index >= 15 is 0 Å². The van der Waals surface area contributed by atoms with Gasteiger partial charge in [-0.1, -0.05) is 37.1 Å². The highest BCUT2D eigenvalue weighted by Crippen LogP contribution is 2.60. The Bertz CT molecular complexity index is 915. The average Bonchev–Trinajstić information content (AvgIpc) is 3.53. The summed E-state index contributed by atoms with van der Waals surface area (Å²) < 4.78 is 0. The van der Waals surface area contributed by atoms with Gasteiger partial charge in [0.1, 0.15) is 0 Å². The van der Waals surface area contributed by atoms with Crippen molar-refractivity contribution in [3.63, 3.8) is 0 Å². The van der Waals surface area contributed by atoms with Gasteiger partial charge in [0.05, 0.1) is 0 Å². The van der Waals surface area contributed by atoms with E-state index in [-0.39, 0.29) is 0 Å². The molecule has 0 N–H and O–H groups in total. The maximum atomic E-state index is 12.9. The van der Waals surface area contributed by atoms with Gasteiger partial charge in [-0.3, -0.25) is 9.59 Å². The molecule has 1 aromatic carbocycles. The first kappa shape index (κ1) is 17.7. The second-order valence-corrected chi connectivity index (χ2v) is 11.0. The molecule has 7 rings (SSSR count). The zero-order chi connectivity index (χ0) is 20.0. The largest absolute Gasteiger partial charge is 0.294 e. The molecular formula is C28H30O2. The predicted octanol–water partition coefficient (Wildman–Crippen LogP) is 5.72. The molecule has 8 atom stereocenters. The lowest BCUT2D eigenvalue weighted by atomic mass is 9.77. The summed E-state index contributed by atoms with van der Waals surface area (Å²) in [5.41, 5.74) is 4.48. The monoisotopic (exact) mass is 398 g/mol. The third-order valence-electron chi connectivity index (χ3n) is 9.96. The fourth-order valence-corrected chi connectivity index (χ4v) is 8.80. The Hall–Kier alpha value is -1.96. The molecule has 4 bridgehead atoms. The van der Waals surface area contributed by atoms with Crippen molar-refractivity contribution in [3.8, 4) is 0 Å². The molecular weight excluding hydrogens is 368 g/mol. The van der Waals surface area contributed by atoms with Crippen molar-refractivity contribution >= 4 is 23.7 Å². The summed E-state index contributed by atoms with van der Waals surface area (Å²) in [6.07, 6.45) is 14.4. The first-order valence-electron chi connectivity index (χ1n) is 12.3. The van der Waals surface area contributed by atoms with Crippen LogP contribution in [0.2, 0.25) is 0 Å². The average molecular weight is 399 g/mol. The quantitative estimate of drug-likeness (QED) is 0.597. The summed E-state index contributed by atoms with van der Waals surface area (Å²) in [5, 5.41) is 0. The molecule has 1 aromatic rings. The Morgan fingerprint density at radius 1 is 0.567 bits per heavy atom. The van der Waals surface area contributed by atoms with Gasteiger partial charge in [0, 0.05) is 11.8 Å². The molecule has 0 aliphatic heterocycles. The van der Waals surface area contributed by atoms with Gasteiger partial charge in [-0.05, 0) is 108 Å². The normalized spacial score (nSPS) is 45.9. The SMILES string of the molecule is O=C1/C(=C/c2ccc(/C=C3/C(=O)C4CC3C3CCCC43)cc2)C2CC1C1CCCC21. The van der Waals surface area contributed by atoms with Crippen molar-refractivity contribution in [2.45, 2.75) is 51.4 Å². The highest BCUT2D eigenvalue weighted by molar-refractivity contribution is 6.06. The molecule has 6 aliphatic carbocycles. The van der Waals surface area contributed by atoms with Crippen LogP contribution < -0.4 is 0 Å². The Kier molecular flexibility index (Phi) is 3.70. The Morgan fingerprint density at radius 2 is 0.933 bits per heavy atom. The summed E-state index contributed by atoms with van der Waals surface area (Å²) in [7, 11) is 0. The molecule has 0 heterocycles. The molecule has 0 aromatic heterocycles. The van der Waals surface area contributed by atoms with Crippen molar-refractivity contribution in [1.82, 2.24) is 0 Å². The van der Waals surface area contributed by atoms with Crippen molar-refractivity contribution < 1.29 is 9.59 Å². The second kappa shape index (κ2) is 6.28. The van der Waals surface area contributed by atoms with Crippen LogP contribution in [0, 0.1) is 47.3 Å². The van der Waals surface area contributed by atoms with E-state index in [1.807, 2.05) is 0 Å². The minimum absolute atomic E-state index is 0.320. The van der Waals surface area contributed by atoms with Gasteiger partial charge in [-0.2, -0.15) is 0 Å². The number of allylic oxidation sites excluding steroid dienone is 2. The van der Waals surface area contributed by atoms with E-state index in [1.165, 1.54) is 38.5 Å². The summed E-state index contributed by atoms with van der Waals surface area (Å²) in [4.78, 5) is 25.8. The number of hydrogen-bond donors (Lipinski definition) is 0. The fourth-order valence-electron chi connectivity index (χ4n) is 8.80. The first-order chi connectivity index (χ1) is 14.7. The highest BCUT2D eigenvalue weighted by Gasteiger charge is 2.57. The molecule has 0 saturated heterocycles. The third-order valence-corrected chi connectivity index (χ3v) is 9.96. The van der Waals surface area contributed by atoms with Crippen LogP contribution in [0.3, 0.4) is 0 Å². The van der Waals surface area contributed by atoms with E-state index in [0.29, 0.717) is 47.1 Å². The fraction of sp³-hybridized carbons (Fsp3) is 0.571. The number of benzene rings is 1. The van der Waals surface area contributed by atoms with Gasteiger partial charge in [0.25, 0.3) is 0 Å². The summed E-state index contributed by atoms with van der Waals surface area (Å²) in [6, 6.07) is 8.56. The minimum Gasteiger partial charge on any atom is -0.294 e. The van der Waals surface area contributed by atoms with Gasteiger partial charge < -0.3 is 0 Å². The van der Waals surface area contributed by atoms with Crippen LogP contribution in [0.4, 0.5) is 0 Å². The number of hydrogen-bond acceptors (Lipinski definition) is 2. The number of ketones is 2. The summed E-state index contributed by atoms with van der Waals surface area (Å²) in [5.74, 6) is 5.46. The summed E-state index contributed by atoms with van der Waals surface area (Å²) >= 11 is 0. The molecule has 6 saturated carbocycles. The van der Waals surface area contributed by atoms with E-state index in [9.17, 15) is 9.59 Å². The van der Waals surface area contributed by atoms with E-state index < -0.39 is 0 Å². The molecule has 0 amide bonds. The van der Waals surface area contributed by atoms with E-state index in [2.05, 4.69) is 36.4 Å². The maximum Gasteiger partial charge on any atom is 0.162 e. The lowest BCUT2D eigenvalue weighted by Gasteiger charge is -2.26. The second-order valence-electron chi connectivity index (χ2n) is 11.0. The van der Waals surface area contributed by atoms with E-state index in [0.717, 1.165) is 47.0 Å². The molecule has 154 valence electrons. The first-order valence-corrected chi connectivity index (χ1v) is 12.3. The molecule has 0 radical (unpaired) electrons. The van der Waals surface area contributed by atoms with Gasteiger partial charge in [0.2, 0.25) is 0 Å². The van der Waals surface area contributed by atoms with Crippen LogP contribution in [0.25, 0.3) is 12.2 Å². The Morgan fingerprint density at radius 3 is 1.33 bits per heavy atom. The zero-order valence-corrected chi connectivity index (χ0v) is 17.6. The molecule has 6 aliphatic rings. The predicted molar refractivity (Wildman–Crippen MR) is 117 cm³/mol. The smallest absolute Gasteiger partial charge is 0.162 e. The van der Waals surface area contributed by atoms with Crippen LogP contribution in [0.15, 0.2) is 35.4 Å². The molecule has 0 spiro atoms. The van der Waals surface area contributed by atoms with E-state index in [1.54, 1.807) is 0 Å². The van der Waals surface area contributed by atoms with Crippen LogP contribution in [-0.2, 0) is 9.59 Å². The lowest BCUT2D eigenvalue weighted by Crippen LogP contribution is -2.26. The van der Waals surface area contributed by atoms with Crippen LogP contribution in [0.1, 0.15) is 62.5 Å². The number of Topliss-reactive ketones (excluding diaryl/α,β-unsaturated/α-hetero) is 2. The maximum absolute atomic E-state index is 12.9. The van der Waals surface area contributed by atoms with Crippen LogP contribution in [0.5, 0.6) is 0 Å². The number of rotatable bonds is 2. The molecule has 2 nitrogen and oxygen atoms in total. The number of carbonyl (C=O) groups excluding carboxylic acids is 2. The van der Waals surface area contributed by atoms with Crippen molar-refractivity contribution in [1.29, 1.82) is 0 Å². The van der Waals surface area contributed by atoms with Crippen molar-refractivity contribution in [2.75, 3.05) is 0 Å². The van der Waals surface area contributed by atoms with Crippen molar-refractivity contribution in [3.05, 3.63) is 46.5 Å². The topological polar surface area (TPSA) is 34.1 Å². The Balaban J connectivity index is 1.14. The van der Waals surface area contributed by atoms with Crippen LogP contribution >= 0.6 is 0 Å². The lowest BCUT2D eigenvalue weighted by molar-refractivity contribution is -0.120. The molecule has 6 fully saturated rings. The number of carbonyl (C=O) groups is 2. The molecule has 2 heteroatoms. The Labute approximate surface area is 178 Å². The minimum atomic E-state index is 0.320. The highest BCUT2D eigenvalue weighted by atomic mass is 16.1.